The molecule has 1 fully saturated rings. The first-order valence-corrected chi connectivity index (χ1v) is 11.4. The normalized spacial score (nSPS) is 18.3. The zero-order chi connectivity index (χ0) is 19.4. The van der Waals surface area contributed by atoms with Crippen molar-refractivity contribution in [3.8, 4) is 0 Å². The summed E-state index contributed by atoms with van der Waals surface area (Å²) in [5, 5.41) is 11.8. The van der Waals surface area contributed by atoms with E-state index in [2.05, 4.69) is 15.7 Å². The molecule has 0 aromatic carbocycles. The van der Waals surface area contributed by atoms with Crippen molar-refractivity contribution in [2.24, 2.45) is 0 Å². The smallest absolute Gasteiger partial charge is 0.261 e. The topological polar surface area (TPSA) is 110 Å². The number of hydrogen-bond donors (Lipinski definition) is 2. The van der Waals surface area contributed by atoms with Gasteiger partial charge in [-0.05, 0) is 31.2 Å². The number of nitrogens with one attached hydrogen (secondary N) is 2. The summed E-state index contributed by atoms with van der Waals surface area (Å²) in [5.74, 6) is 0.380. The summed E-state index contributed by atoms with van der Waals surface area (Å²) in [4.78, 5) is 24.7. The highest BCUT2D eigenvalue weighted by Crippen LogP contribution is 2.27. The maximum atomic E-state index is 12.2. The molecule has 1 aliphatic rings. The highest BCUT2D eigenvalue weighted by atomic mass is 32.2. The monoisotopic (exact) mass is 410 g/mol. The Morgan fingerprint density at radius 2 is 2.22 bits per heavy atom. The van der Waals surface area contributed by atoms with Crippen LogP contribution < -0.4 is 10.6 Å². The lowest BCUT2D eigenvalue weighted by Gasteiger charge is -2.13. The first-order chi connectivity index (χ1) is 12.8. The molecule has 0 aliphatic carbocycles. The van der Waals surface area contributed by atoms with Gasteiger partial charge < -0.3 is 10.6 Å². The molecule has 2 N–H and O–H groups in total. The number of amides is 2. The molecule has 10 heteroatoms. The Kier molecular flexibility index (Phi) is 5.95. The standard InChI is InChI=1S/C17H22N4O4S2/c1-12-10-15(21(20-12)13-6-9-27(24,25)11-13)19-16(22)5-2-7-18-17(23)14-4-3-8-26-14/h3-4,8,10,13H,2,5-7,9,11H2,1H3,(H,18,23)(H,19,22). The van der Waals surface area contributed by atoms with Crippen LogP contribution in [0.4, 0.5) is 5.82 Å². The summed E-state index contributed by atoms with van der Waals surface area (Å²) in [7, 11) is -3.04. The van der Waals surface area contributed by atoms with E-state index in [1.165, 1.54) is 11.3 Å². The van der Waals surface area contributed by atoms with Gasteiger partial charge in [0.1, 0.15) is 5.82 Å². The molecular weight excluding hydrogens is 388 g/mol. The van der Waals surface area contributed by atoms with E-state index >= 15 is 0 Å². The van der Waals surface area contributed by atoms with E-state index in [9.17, 15) is 18.0 Å². The van der Waals surface area contributed by atoms with Crippen LogP contribution in [0.2, 0.25) is 0 Å². The number of rotatable bonds is 7. The van der Waals surface area contributed by atoms with Crippen molar-refractivity contribution in [2.45, 2.75) is 32.2 Å². The van der Waals surface area contributed by atoms with Gasteiger partial charge in [0.05, 0.1) is 28.1 Å². The molecule has 0 spiro atoms. The van der Waals surface area contributed by atoms with Gasteiger partial charge in [-0.2, -0.15) is 5.10 Å². The highest BCUT2D eigenvalue weighted by molar-refractivity contribution is 7.91. The molecule has 0 radical (unpaired) electrons. The molecule has 0 saturated carbocycles. The second-order valence-electron chi connectivity index (χ2n) is 6.56. The van der Waals surface area contributed by atoms with Crippen LogP contribution in [0, 0.1) is 6.92 Å². The molecule has 2 amide bonds. The van der Waals surface area contributed by atoms with Gasteiger partial charge in [-0.1, -0.05) is 6.07 Å². The van der Waals surface area contributed by atoms with Gasteiger partial charge in [0, 0.05) is 19.0 Å². The van der Waals surface area contributed by atoms with Crippen molar-refractivity contribution in [3.63, 3.8) is 0 Å². The fraction of sp³-hybridized carbons (Fsp3) is 0.471. The molecule has 1 saturated heterocycles. The number of aryl methyl sites for hydroxylation is 1. The van der Waals surface area contributed by atoms with E-state index in [4.69, 9.17) is 0 Å². The third-order valence-corrected chi connectivity index (χ3v) is 6.91. The summed E-state index contributed by atoms with van der Waals surface area (Å²) in [6, 6.07) is 5.05. The predicted octanol–water partition coefficient (Wildman–Crippen LogP) is 1.76. The minimum atomic E-state index is -3.04. The lowest BCUT2D eigenvalue weighted by atomic mass is 10.2. The van der Waals surface area contributed by atoms with Crippen molar-refractivity contribution in [1.29, 1.82) is 0 Å². The maximum Gasteiger partial charge on any atom is 0.261 e. The van der Waals surface area contributed by atoms with E-state index in [0.29, 0.717) is 30.1 Å². The van der Waals surface area contributed by atoms with Crippen molar-refractivity contribution in [2.75, 3.05) is 23.4 Å². The van der Waals surface area contributed by atoms with Gasteiger partial charge in [0.2, 0.25) is 5.91 Å². The van der Waals surface area contributed by atoms with Crippen LogP contribution in [0.3, 0.4) is 0 Å². The first kappa shape index (κ1) is 19.6. The van der Waals surface area contributed by atoms with E-state index in [0.717, 1.165) is 5.69 Å². The lowest BCUT2D eigenvalue weighted by Crippen LogP contribution is -2.25. The van der Waals surface area contributed by atoms with Crippen LogP contribution >= 0.6 is 11.3 Å². The fourth-order valence-electron chi connectivity index (χ4n) is 3.01. The number of hydrogen-bond acceptors (Lipinski definition) is 6. The van der Waals surface area contributed by atoms with Crippen molar-refractivity contribution in [1.82, 2.24) is 15.1 Å². The Morgan fingerprint density at radius 1 is 1.41 bits per heavy atom. The largest absolute Gasteiger partial charge is 0.351 e. The van der Waals surface area contributed by atoms with Crippen molar-refractivity contribution < 1.29 is 18.0 Å². The molecule has 0 bridgehead atoms. The van der Waals surface area contributed by atoms with Crippen LogP contribution in [0.1, 0.15) is 40.7 Å². The van der Waals surface area contributed by atoms with E-state index in [-0.39, 0.29) is 35.8 Å². The zero-order valence-electron chi connectivity index (χ0n) is 15.0. The third-order valence-electron chi connectivity index (χ3n) is 4.29. The van der Waals surface area contributed by atoms with Crippen LogP contribution in [-0.2, 0) is 14.6 Å². The Bertz CT molecular complexity index is 919. The number of anilines is 1. The SMILES string of the molecule is Cc1cc(NC(=O)CCCNC(=O)c2cccs2)n(C2CCS(=O)(=O)C2)n1. The molecule has 1 unspecified atom stereocenters. The summed E-state index contributed by atoms with van der Waals surface area (Å²) in [6.45, 7) is 2.21. The molecule has 2 aromatic rings. The average Bonchev–Trinajstić information content (AvgIpc) is 3.32. The quantitative estimate of drug-likeness (QED) is 0.676. The molecule has 3 rings (SSSR count). The lowest BCUT2D eigenvalue weighted by molar-refractivity contribution is -0.116. The zero-order valence-corrected chi connectivity index (χ0v) is 16.6. The minimum Gasteiger partial charge on any atom is -0.351 e. The summed E-state index contributed by atoms with van der Waals surface area (Å²) in [6.07, 6.45) is 1.26. The van der Waals surface area contributed by atoms with E-state index < -0.39 is 9.84 Å². The van der Waals surface area contributed by atoms with Crippen LogP contribution in [0.5, 0.6) is 0 Å². The number of thiophene rings is 1. The molecule has 3 heterocycles. The predicted molar refractivity (Wildman–Crippen MR) is 104 cm³/mol. The van der Waals surface area contributed by atoms with Crippen molar-refractivity contribution >= 4 is 38.8 Å². The Labute approximate surface area is 161 Å². The Morgan fingerprint density at radius 3 is 2.89 bits per heavy atom. The highest BCUT2D eigenvalue weighted by Gasteiger charge is 2.31. The number of sulfone groups is 1. The molecule has 1 aliphatic heterocycles. The van der Waals surface area contributed by atoms with E-state index in [1.54, 1.807) is 23.7 Å². The molecule has 27 heavy (non-hydrogen) atoms. The van der Waals surface area contributed by atoms with Crippen molar-refractivity contribution in [3.05, 3.63) is 34.2 Å². The number of nitrogens with zero attached hydrogens (tertiary/aromatic N) is 2. The minimum absolute atomic E-state index is 0.0474. The third kappa shape index (κ3) is 5.16. The fourth-order valence-corrected chi connectivity index (χ4v) is 5.34. The second kappa shape index (κ2) is 8.22. The summed E-state index contributed by atoms with van der Waals surface area (Å²) < 4.78 is 25.0. The van der Waals surface area contributed by atoms with Crippen LogP contribution in [0.25, 0.3) is 0 Å². The first-order valence-electron chi connectivity index (χ1n) is 8.72. The Balaban J connectivity index is 1.49. The van der Waals surface area contributed by atoms with Gasteiger partial charge in [0.15, 0.2) is 9.84 Å². The Hall–Kier alpha value is -2.20. The van der Waals surface area contributed by atoms with Gasteiger partial charge in [-0.25, -0.2) is 13.1 Å². The van der Waals surface area contributed by atoms with Crippen LogP contribution in [-0.4, -0.2) is 48.1 Å². The van der Waals surface area contributed by atoms with Gasteiger partial charge in [-0.15, -0.1) is 11.3 Å². The van der Waals surface area contributed by atoms with Crippen LogP contribution in [0.15, 0.2) is 23.6 Å². The van der Waals surface area contributed by atoms with Gasteiger partial charge >= 0.3 is 0 Å². The molecule has 2 aromatic heterocycles. The maximum absolute atomic E-state index is 12.2. The second-order valence-corrected chi connectivity index (χ2v) is 9.73. The molecule has 146 valence electrons. The summed E-state index contributed by atoms with van der Waals surface area (Å²) >= 11 is 1.37. The van der Waals surface area contributed by atoms with Gasteiger partial charge in [0.25, 0.3) is 5.91 Å². The number of aromatic nitrogens is 2. The number of carbonyl (C=O) groups excluding carboxylic acids is 2. The van der Waals surface area contributed by atoms with Gasteiger partial charge in [-0.3, -0.25) is 9.59 Å². The molecule has 1 atom stereocenters. The molecular formula is C17H22N4O4S2. The summed E-state index contributed by atoms with van der Waals surface area (Å²) in [5.41, 5.74) is 0.720. The number of carbonyl (C=O) groups is 2. The molecule has 8 nitrogen and oxygen atoms in total. The average molecular weight is 411 g/mol. The van der Waals surface area contributed by atoms with E-state index in [1.807, 2.05) is 11.4 Å².